The molecule has 7 heteroatoms. The summed E-state index contributed by atoms with van der Waals surface area (Å²) in [5, 5.41) is 6.81. The van der Waals surface area contributed by atoms with Crippen LogP contribution in [0.4, 0.5) is 0 Å². The smallest absolute Gasteiger partial charge is 0.261 e. The van der Waals surface area contributed by atoms with E-state index in [4.69, 9.17) is 4.74 Å². The van der Waals surface area contributed by atoms with E-state index in [0.717, 1.165) is 11.1 Å². The second-order valence-corrected chi connectivity index (χ2v) is 5.31. The fourth-order valence-corrected chi connectivity index (χ4v) is 2.36. The normalized spacial score (nSPS) is 14.5. The van der Waals surface area contributed by atoms with Gasteiger partial charge in [0, 0.05) is 31.9 Å². The summed E-state index contributed by atoms with van der Waals surface area (Å²) in [7, 11) is 1.85. The number of hydrogen-bond acceptors (Lipinski definition) is 4. The third-order valence-electron chi connectivity index (χ3n) is 3.55. The van der Waals surface area contributed by atoms with Gasteiger partial charge in [0.15, 0.2) is 6.61 Å². The van der Waals surface area contributed by atoms with Crippen molar-refractivity contribution in [1.82, 2.24) is 20.0 Å². The van der Waals surface area contributed by atoms with Gasteiger partial charge in [-0.15, -0.1) is 0 Å². The summed E-state index contributed by atoms with van der Waals surface area (Å²) in [4.78, 5) is 24.9. The Hall–Kier alpha value is -2.83. The van der Waals surface area contributed by atoms with Crippen LogP contribution in [-0.4, -0.2) is 52.7 Å². The van der Waals surface area contributed by atoms with Crippen LogP contribution < -0.4 is 10.1 Å². The number of ether oxygens (including phenoxy) is 1. The van der Waals surface area contributed by atoms with Gasteiger partial charge in [-0.3, -0.25) is 14.3 Å². The maximum Gasteiger partial charge on any atom is 0.261 e. The van der Waals surface area contributed by atoms with Crippen molar-refractivity contribution < 1.29 is 14.3 Å². The molecule has 2 amide bonds. The summed E-state index contributed by atoms with van der Waals surface area (Å²) < 4.78 is 7.26. The Morgan fingerprint density at radius 3 is 3.04 bits per heavy atom. The molecule has 0 saturated carbocycles. The van der Waals surface area contributed by atoms with Crippen molar-refractivity contribution in [1.29, 1.82) is 0 Å². The lowest BCUT2D eigenvalue weighted by atomic mass is 10.1. The number of amides is 2. The van der Waals surface area contributed by atoms with Gasteiger partial charge in [-0.1, -0.05) is 0 Å². The Morgan fingerprint density at radius 2 is 2.30 bits per heavy atom. The maximum absolute atomic E-state index is 12.1. The molecule has 2 heterocycles. The molecule has 1 aromatic heterocycles. The molecule has 119 valence electrons. The molecule has 1 fully saturated rings. The molecule has 1 N–H and O–H groups in total. The molecule has 1 aromatic carbocycles. The van der Waals surface area contributed by atoms with Gasteiger partial charge < -0.3 is 15.0 Å². The summed E-state index contributed by atoms with van der Waals surface area (Å²) in [6, 6.07) is 8.34. The molecule has 1 aliphatic heterocycles. The van der Waals surface area contributed by atoms with E-state index in [0.29, 0.717) is 18.8 Å². The monoisotopic (exact) mass is 313 g/mol. The molecule has 3 rings (SSSR count). The first-order valence-corrected chi connectivity index (χ1v) is 7.29. The predicted octanol–water partition coefficient (Wildman–Crippen LogP) is 0.224. The Morgan fingerprint density at radius 1 is 1.43 bits per heavy atom. The highest BCUT2D eigenvalue weighted by atomic mass is 16.5. The second-order valence-electron chi connectivity index (χ2n) is 5.31. The zero-order valence-corrected chi connectivity index (χ0v) is 12.8. The number of piperazine rings is 1. The fourth-order valence-electron chi connectivity index (χ4n) is 2.36. The minimum absolute atomic E-state index is 0.0873. The molecule has 0 aliphatic carbocycles. The van der Waals surface area contributed by atoms with Crippen molar-refractivity contribution in [3.63, 3.8) is 0 Å². The standard InChI is InChI=1S/C16H17N4O3/c1-19-9-13(8-18-19)12-3-2-4-14(7-12)23-11-16(22)20-6-5-17-15(21)10-20/h3-4,7-9H,5-6,10-11H2,1H3,(H,17,21). The molecular formula is C16H17N4O3. The molecule has 2 aromatic rings. The Bertz CT molecular complexity index is 726. The van der Waals surface area contributed by atoms with Crippen LogP contribution >= 0.6 is 0 Å². The Kier molecular flexibility index (Phi) is 4.27. The van der Waals surface area contributed by atoms with E-state index >= 15 is 0 Å². The van der Waals surface area contributed by atoms with Crippen molar-refractivity contribution >= 4 is 11.8 Å². The van der Waals surface area contributed by atoms with Crippen LogP contribution in [0.3, 0.4) is 0 Å². The van der Waals surface area contributed by atoms with E-state index in [1.54, 1.807) is 16.9 Å². The van der Waals surface area contributed by atoms with Crippen LogP contribution in [0.15, 0.2) is 30.6 Å². The average molecular weight is 313 g/mol. The van der Waals surface area contributed by atoms with E-state index in [1.807, 2.05) is 25.4 Å². The third-order valence-corrected chi connectivity index (χ3v) is 3.55. The maximum atomic E-state index is 12.1. The molecule has 0 unspecified atom stereocenters. The van der Waals surface area contributed by atoms with Gasteiger partial charge in [0.2, 0.25) is 5.91 Å². The van der Waals surface area contributed by atoms with Crippen LogP contribution in [0, 0.1) is 6.07 Å². The summed E-state index contributed by atoms with van der Waals surface area (Å²) in [6.07, 6.45) is 3.65. The molecule has 7 nitrogen and oxygen atoms in total. The number of aryl methyl sites for hydroxylation is 1. The molecule has 0 bridgehead atoms. The van der Waals surface area contributed by atoms with Gasteiger partial charge in [-0.25, -0.2) is 0 Å². The first kappa shape index (κ1) is 15.1. The first-order chi connectivity index (χ1) is 11.1. The zero-order valence-electron chi connectivity index (χ0n) is 12.8. The molecule has 1 aliphatic rings. The zero-order chi connectivity index (χ0) is 16.2. The topological polar surface area (TPSA) is 76.5 Å². The fraction of sp³-hybridized carbons (Fsp3) is 0.312. The van der Waals surface area contributed by atoms with Gasteiger partial charge in [-0.2, -0.15) is 5.10 Å². The lowest BCUT2D eigenvalue weighted by molar-refractivity contribution is -0.139. The summed E-state index contributed by atoms with van der Waals surface area (Å²) in [5.74, 6) is 0.212. The molecule has 23 heavy (non-hydrogen) atoms. The van der Waals surface area contributed by atoms with Gasteiger partial charge in [0.05, 0.1) is 12.7 Å². The van der Waals surface area contributed by atoms with Crippen LogP contribution in [0.1, 0.15) is 0 Å². The highest BCUT2D eigenvalue weighted by Crippen LogP contribution is 2.23. The molecule has 0 atom stereocenters. The average Bonchev–Trinajstić information content (AvgIpc) is 2.99. The van der Waals surface area contributed by atoms with Crippen LogP contribution in [0.25, 0.3) is 11.1 Å². The van der Waals surface area contributed by atoms with Crippen molar-refractivity contribution in [2.45, 2.75) is 0 Å². The lowest BCUT2D eigenvalue weighted by Crippen LogP contribution is -2.51. The Labute approximate surface area is 133 Å². The SMILES string of the molecule is Cn1cc(-c2c[c]cc(OCC(=O)N3CCNC(=O)C3)c2)cn1. The van der Waals surface area contributed by atoms with E-state index in [1.165, 1.54) is 4.90 Å². The van der Waals surface area contributed by atoms with Crippen molar-refractivity contribution in [3.05, 3.63) is 36.7 Å². The summed E-state index contributed by atoms with van der Waals surface area (Å²) >= 11 is 0. The minimum Gasteiger partial charge on any atom is -0.484 e. The largest absolute Gasteiger partial charge is 0.484 e. The number of nitrogens with one attached hydrogen (secondary N) is 1. The predicted molar refractivity (Wildman–Crippen MR) is 82.6 cm³/mol. The minimum atomic E-state index is -0.202. The molecule has 0 spiro atoms. The lowest BCUT2D eigenvalue weighted by Gasteiger charge is -2.26. The van der Waals surface area contributed by atoms with E-state index < -0.39 is 0 Å². The number of aromatic nitrogens is 2. The number of carbonyl (C=O) groups excluding carboxylic acids is 2. The van der Waals surface area contributed by atoms with Gasteiger partial charge in [0.1, 0.15) is 5.75 Å². The highest BCUT2D eigenvalue weighted by molar-refractivity contribution is 5.86. The van der Waals surface area contributed by atoms with Gasteiger partial charge >= 0.3 is 0 Å². The van der Waals surface area contributed by atoms with Crippen molar-refractivity contribution in [2.24, 2.45) is 7.05 Å². The number of carbonyl (C=O) groups is 2. The summed E-state index contributed by atoms with van der Waals surface area (Å²) in [5.41, 5.74) is 1.87. The number of benzene rings is 1. The quantitative estimate of drug-likeness (QED) is 0.876. The molecule has 1 saturated heterocycles. The first-order valence-electron chi connectivity index (χ1n) is 7.29. The van der Waals surface area contributed by atoms with E-state index in [9.17, 15) is 9.59 Å². The van der Waals surface area contributed by atoms with Gasteiger partial charge in [0.25, 0.3) is 5.91 Å². The van der Waals surface area contributed by atoms with Gasteiger partial charge in [-0.05, 0) is 29.8 Å². The Balaban J connectivity index is 1.62. The van der Waals surface area contributed by atoms with Crippen LogP contribution in [0.5, 0.6) is 5.75 Å². The molecular weight excluding hydrogens is 296 g/mol. The number of nitrogens with zero attached hydrogens (tertiary/aromatic N) is 3. The van der Waals surface area contributed by atoms with Crippen molar-refractivity contribution in [2.75, 3.05) is 26.2 Å². The highest BCUT2D eigenvalue weighted by Gasteiger charge is 2.21. The number of hydrogen-bond donors (Lipinski definition) is 1. The van der Waals surface area contributed by atoms with E-state index in [2.05, 4.69) is 16.5 Å². The van der Waals surface area contributed by atoms with Crippen LogP contribution in [-0.2, 0) is 16.6 Å². The van der Waals surface area contributed by atoms with Crippen LogP contribution in [0.2, 0.25) is 0 Å². The van der Waals surface area contributed by atoms with E-state index in [-0.39, 0.29) is 25.0 Å². The van der Waals surface area contributed by atoms with Crippen molar-refractivity contribution in [3.8, 4) is 16.9 Å². The second kappa shape index (κ2) is 6.51. The summed E-state index contributed by atoms with van der Waals surface area (Å²) in [6.45, 7) is 0.978. The molecule has 1 radical (unpaired) electrons. The number of rotatable bonds is 4. The third kappa shape index (κ3) is 3.68.